The van der Waals surface area contributed by atoms with E-state index in [2.05, 4.69) is 17.4 Å². The van der Waals surface area contributed by atoms with E-state index in [0.717, 1.165) is 29.1 Å². The smallest absolute Gasteiger partial charge is 0.0701 e. The number of para-hydroxylation sites is 1. The van der Waals surface area contributed by atoms with Crippen LogP contribution in [0.15, 0.2) is 42.5 Å². The van der Waals surface area contributed by atoms with E-state index in [1.54, 1.807) is 0 Å². The van der Waals surface area contributed by atoms with Gasteiger partial charge in [0.15, 0.2) is 0 Å². The van der Waals surface area contributed by atoms with Crippen molar-refractivity contribution >= 4 is 17.3 Å². The molecular weight excluding hydrogens is 258 g/mol. The number of benzene rings is 2. The van der Waals surface area contributed by atoms with Gasteiger partial charge >= 0.3 is 0 Å². The monoisotopic (exact) mass is 273 g/mol. The Labute approximate surface area is 118 Å². The predicted octanol–water partition coefficient (Wildman–Crippen LogP) is 3.93. The minimum absolute atomic E-state index is 0.0589. The van der Waals surface area contributed by atoms with Crippen molar-refractivity contribution < 1.29 is 5.11 Å². The summed E-state index contributed by atoms with van der Waals surface area (Å²) in [6.45, 7) is 0.0589. The maximum atomic E-state index is 9.37. The van der Waals surface area contributed by atoms with Gasteiger partial charge in [-0.2, -0.15) is 0 Å². The summed E-state index contributed by atoms with van der Waals surface area (Å²) in [4.78, 5) is 0. The number of hydrogen-bond acceptors (Lipinski definition) is 2. The third-order valence-electron chi connectivity index (χ3n) is 3.70. The maximum absolute atomic E-state index is 9.37. The summed E-state index contributed by atoms with van der Waals surface area (Å²) >= 11 is 6.03. The van der Waals surface area contributed by atoms with E-state index in [0.29, 0.717) is 6.04 Å². The molecule has 1 aliphatic rings. The first-order valence-electron chi connectivity index (χ1n) is 6.51. The molecule has 0 amide bonds. The lowest BCUT2D eigenvalue weighted by molar-refractivity contribution is 0.282. The van der Waals surface area contributed by atoms with Gasteiger partial charge in [0.1, 0.15) is 0 Å². The lowest BCUT2D eigenvalue weighted by Crippen LogP contribution is -2.08. The molecule has 0 aromatic heterocycles. The Morgan fingerprint density at radius 3 is 2.89 bits per heavy atom. The molecule has 0 aliphatic heterocycles. The molecule has 0 bridgehead atoms. The Hall–Kier alpha value is -1.51. The first-order chi connectivity index (χ1) is 9.28. The van der Waals surface area contributed by atoms with Gasteiger partial charge < -0.3 is 10.4 Å². The number of rotatable bonds is 3. The van der Waals surface area contributed by atoms with Crippen LogP contribution >= 0.6 is 11.6 Å². The number of aliphatic hydroxyl groups is 1. The van der Waals surface area contributed by atoms with E-state index >= 15 is 0 Å². The van der Waals surface area contributed by atoms with Crippen molar-refractivity contribution in [1.82, 2.24) is 0 Å². The van der Waals surface area contributed by atoms with Gasteiger partial charge in [-0.25, -0.2) is 0 Å². The third kappa shape index (κ3) is 2.46. The zero-order valence-corrected chi connectivity index (χ0v) is 11.3. The molecule has 2 nitrogen and oxygen atoms in total. The summed E-state index contributed by atoms with van der Waals surface area (Å²) in [5.74, 6) is 0. The van der Waals surface area contributed by atoms with Crippen LogP contribution < -0.4 is 5.32 Å². The minimum Gasteiger partial charge on any atom is -0.392 e. The van der Waals surface area contributed by atoms with E-state index in [4.69, 9.17) is 11.6 Å². The highest BCUT2D eigenvalue weighted by atomic mass is 35.5. The van der Waals surface area contributed by atoms with Gasteiger partial charge in [0.2, 0.25) is 0 Å². The molecule has 98 valence electrons. The Morgan fingerprint density at radius 1 is 1.21 bits per heavy atom. The summed E-state index contributed by atoms with van der Waals surface area (Å²) in [6.07, 6.45) is 2.12. The van der Waals surface area contributed by atoms with Crippen molar-refractivity contribution in [3.8, 4) is 0 Å². The minimum atomic E-state index is 0.0589. The molecule has 0 fully saturated rings. The zero-order chi connectivity index (χ0) is 13.2. The fraction of sp³-hybridized carbons (Fsp3) is 0.250. The average molecular weight is 274 g/mol. The largest absolute Gasteiger partial charge is 0.392 e. The van der Waals surface area contributed by atoms with Gasteiger partial charge in [-0.3, -0.25) is 0 Å². The number of aliphatic hydroxyl groups excluding tert-OH is 1. The van der Waals surface area contributed by atoms with Gasteiger partial charge in [-0.1, -0.05) is 35.9 Å². The van der Waals surface area contributed by atoms with Crippen molar-refractivity contribution in [3.05, 3.63) is 64.2 Å². The van der Waals surface area contributed by atoms with Crippen LogP contribution in [0.1, 0.15) is 29.2 Å². The summed E-state index contributed by atoms with van der Waals surface area (Å²) in [7, 11) is 0. The number of nitrogens with one attached hydrogen (secondary N) is 1. The van der Waals surface area contributed by atoms with Crippen molar-refractivity contribution in [2.24, 2.45) is 0 Å². The van der Waals surface area contributed by atoms with Gasteiger partial charge in [0.25, 0.3) is 0 Å². The van der Waals surface area contributed by atoms with Crippen LogP contribution in [0.25, 0.3) is 0 Å². The van der Waals surface area contributed by atoms with Crippen molar-refractivity contribution in [3.63, 3.8) is 0 Å². The van der Waals surface area contributed by atoms with Crippen LogP contribution in [0.5, 0.6) is 0 Å². The standard InChI is InChI=1S/C16H16ClNO/c17-13-6-7-14-11(9-13)5-8-16(14)18-15-4-2-1-3-12(15)10-19/h1-4,6-7,9,16,18-19H,5,8,10H2. The SMILES string of the molecule is OCc1ccccc1NC1CCc2cc(Cl)ccc21. The number of aryl methyl sites for hydroxylation is 1. The topological polar surface area (TPSA) is 32.3 Å². The fourth-order valence-corrected chi connectivity index (χ4v) is 2.92. The number of halogens is 1. The van der Waals surface area contributed by atoms with E-state index in [1.165, 1.54) is 11.1 Å². The Balaban J connectivity index is 1.87. The molecule has 1 aliphatic carbocycles. The molecular formula is C16H16ClNO. The molecule has 19 heavy (non-hydrogen) atoms. The second-order valence-corrected chi connectivity index (χ2v) is 5.33. The molecule has 0 saturated carbocycles. The number of hydrogen-bond donors (Lipinski definition) is 2. The van der Waals surface area contributed by atoms with Gasteiger partial charge in [0.05, 0.1) is 12.6 Å². The quantitative estimate of drug-likeness (QED) is 0.888. The van der Waals surface area contributed by atoms with Crippen molar-refractivity contribution in [2.75, 3.05) is 5.32 Å². The first kappa shape index (κ1) is 12.5. The van der Waals surface area contributed by atoms with Crippen LogP contribution in [0, 0.1) is 0 Å². The fourth-order valence-electron chi connectivity index (χ4n) is 2.72. The van der Waals surface area contributed by atoms with Crippen LogP contribution in [0.3, 0.4) is 0 Å². The molecule has 2 aromatic carbocycles. The highest BCUT2D eigenvalue weighted by molar-refractivity contribution is 6.30. The van der Waals surface area contributed by atoms with Crippen molar-refractivity contribution in [1.29, 1.82) is 0 Å². The lowest BCUT2D eigenvalue weighted by Gasteiger charge is -2.18. The van der Waals surface area contributed by atoms with Crippen LogP contribution in [0.4, 0.5) is 5.69 Å². The Morgan fingerprint density at radius 2 is 2.05 bits per heavy atom. The van der Waals surface area contributed by atoms with E-state index in [1.807, 2.05) is 30.3 Å². The Kier molecular flexibility index (Phi) is 3.45. The highest BCUT2D eigenvalue weighted by Gasteiger charge is 2.22. The maximum Gasteiger partial charge on any atom is 0.0701 e. The Bertz CT molecular complexity index is 597. The molecule has 3 rings (SSSR count). The van der Waals surface area contributed by atoms with Gasteiger partial charge in [-0.05, 0) is 42.2 Å². The molecule has 1 atom stereocenters. The van der Waals surface area contributed by atoms with Crippen LogP contribution in [0.2, 0.25) is 5.02 Å². The molecule has 0 saturated heterocycles. The lowest BCUT2D eigenvalue weighted by atomic mass is 10.1. The highest BCUT2D eigenvalue weighted by Crippen LogP contribution is 2.35. The first-order valence-corrected chi connectivity index (χ1v) is 6.89. The number of anilines is 1. The third-order valence-corrected chi connectivity index (χ3v) is 3.94. The van der Waals surface area contributed by atoms with E-state index in [-0.39, 0.29) is 6.61 Å². The van der Waals surface area contributed by atoms with Crippen LogP contribution in [-0.4, -0.2) is 5.11 Å². The molecule has 0 radical (unpaired) electrons. The molecule has 0 heterocycles. The van der Waals surface area contributed by atoms with Gasteiger partial charge in [-0.15, -0.1) is 0 Å². The molecule has 0 spiro atoms. The average Bonchev–Trinajstić information content (AvgIpc) is 2.82. The summed E-state index contributed by atoms with van der Waals surface area (Å²) < 4.78 is 0. The van der Waals surface area contributed by atoms with E-state index in [9.17, 15) is 5.11 Å². The molecule has 1 unspecified atom stereocenters. The molecule has 2 N–H and O–H groups in total. The van der Waals surface area contributed by atoms with Crippen molar-refractivity contribution in [2.45, 2.75) is 25.5 Å². The zero-order valence-electron chi connectivity index (χ0n) is 10.6. The number of fused-ring (bicyclic) bond motifs is 1. The predicted molar refractivity (Wildman–Crippen MR) is 78.5 cm³/mol. The van der Waals surface area contributed by atoms with Crippen LogP contribution in [-0.2, 0) is 13.0 Å². The van der Waals surface area contributed by atoms with E-state index < -0.39 is 0 Å². The summed E-state index contributed by atoms with van der Waals surface area (Å²) in [5, 5.41) is 13.7. The normalized spacial score (nSPS) is 17.3. The second kappa shape index (κ2) is 5.24. The summed E-state index contributed by atoms with van der Waals surface area (Å²) in [5.41, 5.74) is 4.59. The molecule has 3 heteroatoms. The second-order valence-electron chi connectivity index (χ2n) is 4.89. The summed E-state index contributed by atoms with van der Waals surface area (Å²) in [6, 6.07) is 14.3. The van der Waals surface area contributed by atoms with Gasteiger partial charge in [0, 0.05) is 16.3 Å². The molecule has 2 aromatic rings.